The lowest BCUT2D eigenvalue weighted by Gasteiger charge is -2.41. The maximum absolute atomic E-state index is 13.1. The Labute approximate surface area is 158 Å². The van der Waals surface area contributed by atoms with E-state index in [1.165, 1.54) is 4.88 Å². The first-order valence-corrected chi connectivity index (χ1v) is 9.77. The van der Waals surface area contributed by atoms with E-state index in [1.54, 1.807) is 28.2 Å². The first-order valence-electron chi connectivity index (χ1n) is 8.89. The molecule has 3 rings (SSSR count). The van der Waals surface area contributed by atoms with Crippen molar-refractivity contribution in [3.63, 3.8) is 0 Å². The zero-order valence-electron chi connectivity index (χ0n) is 15.4. The summed E-state index contributed by atoms with van der Waals surface area (Å²) >= 11 is 1.70. The second-order valence-corrected chi connectivity index (χ2v) is 7.99. The van der Waals surface area contributed by atoms with E-state index in [0.717, 1.165) is 12.2 Å². The Bertz CT molecular complexity index is 773. The van der Waals surface area contributed by atoms with Gasteiger partial charge in [-0.05, 0) is 35.6 Å². The van der Waals surface area contributed by atoms with Crippen LogP contribution in [0.4, 0.5) is 5.69 Å². The third kappa shape index (κ3) is 3.90. The zero-order valence-corrected chi connectivity index (χ0v) is 16.3. The van der Waals surface area contributed by atoms with Crippen LogP contribution in [0.3, 0.4) is 0 Å². The molecule has 26 heavy (non-hydrogen) atoms. The fourth-order valence-corrected chi connectivity index (χ4v) is 3.91. The molecule has 0 spiro atoms. The fourth-order valence-electron chi connectivity index (χ4n) is 3.27. The number of thiophene rings is 1. The molecule has 1 aromatic carbocycles. The lowest BCUT2D eigenvalue weighted by molar-refractivity contribution is -0.140. The summed E-state index contributed by atoms with van der Waals surface area (Å²) in [5, 5.41) is 5.41. The van der Waals surface area contributed by atoms with E-state index < -0.39 is 6.04 Å². The first-order chi connectivity index (χ1) is 12.5. The van der Waals surface area contributed by atoms with Crippen molar-refractivity contribution < 1.29 is 9.59 Å². The first kappa shape index (κ1) is 18.5. The number of piperazine rings is 1. The van der Waals surface area contributed by atoms with Crippen LogP contribution in [0.25, 0.3) is 0 Å². The molecule has 1 aliphatic rings. The van der Waals surface area contributed by atoms with Crippen molar-refractivity contribution >= 4 is 28.8 Å². The van der Waals surface area contributed by atoms with Crippen LogP contribution in [0.2, 0.25) is 0 Å². The number of amides is 2. The predicted octanol–water partition coefficient (Wildman–Crippen LogP) is 3.30. The predicted molar refractivity (Wildman–Crippen MR) is 105 cm³/mol. The van der Waals surface area contributed by atoms with E-state index in [4.69, 9.17) is 0 Å². The number of anilines is 1. The number of hydrogen-bond acceptors (Lipinski definition) is 4. The molecule has 138 valence electrons. The maximum atomic E-state index is 13.1. The number of carbonyl (C=O) groups is 2. The van der Waals surface area contributed by atoms with Crippen molar-refractivity contribution in [1.82, 2.24) is 9.80 Å². The topological polar surface area (TPSA) is 52.7 Å². The van der Waals surface area contributed by atoms with Crippen molar-refractivity contribution in [2.24, 2.45) is 5.92 Å². The highest BCUT2D eigenvalue weighted by Crippen LogP contribution is 2.22. The van der Waals surface area contributed by atoms with E-state index >= 15 is 0 Å². The molecule has 1 aromatic heterocycles. The molecule has 1 atom stereocenters. The summed E-state index contributed by atoms with van der Waals surface area (Å²) < 4.78 is 0. The molecule has 0 bridgehead atoms. The highest BCUT2D eigenvalue weighted by atomic mass is 32.1. The Morgan fingerprint density at radius 2 is 2.08 bits per heavy atom. The van der Waals surface area contributed by atoms with Gasteiger partial charge < -0.3 is 15.1 Å². The van der Waals surface area contributed by atoms with E-state index in [-0.39, 0.29) is 17.7 Å². The molecule has 0 aliphatic carbocycles. The quantitative estimate of drug-likeness (QED) is 0.877. The van der Waals surface area contributed by atoms with Crippen LogP contribution in [0.5, 0.6) is 0 Å². The Morgan fingerprint density at radius 3 is 2.77 bits per heavy atom. The molecule has 0 radical (unpaired) electrons. The van der Waals surface area contributed by atoms with Crippen LogP contribution < -0.4 is 5.32 Å². The van der Waals surface area contributed by atoms with Gasteiger partial charge in [0.2, 0.25) is 5.91 Å². The van der Waals surface area contributed by atoms with E-state index in [1.807, 2.05) is 49.6 Å². The van der Waals surface area contributed by atoms with Gasteiger partial charge in [-0.3, -0.25) is 9.59 Å². The molecule has 2 aromatic rings. The number of nitrogens with one attached hydrogen (secondary N) is 1. The van der Waals surface area contributed by atoms with Gasteiger partial charge in [0.25, 0.3) is 5.91 Å². The summed E-state index contributed by atoms with van der Waals surface area (Å²) in [6.07, 6.45) is 0. The minimum Gasteiger partial charge on any atom is -0.380 e. The van der Waals surface area contributed by atoms with Crippen molar-refractivity contribution in [3.05, 3.63) is 52.2 Å². The summed E-state index contributed by atoms with van der Waals surface area (Å²) in [4.78, 5) is 30.3. The van der Waals surface area contributed by atoms with E-state index in [2.05, 4.69) is 11.4 Å². The molecule has 2 amide bonds. The summed E-state index contributed by atoms with van der Waals surface area (Å²) in [5.74, 6) is 0.0193. The number of hydrogen-bond donors (Lipinski definition) is 1. The van der Waals surface area contributed by atoms with Gasteiger partial charge in [0.05, 0.1) is 0 Å². The number of nitrogens with zero attached hydrogens (tertiary/aromatic N) is 2. The number of likely N-dealkylation sites (N-methyl/N-ethyl adjacent to an activating group) is 1. The lowest BCUT2D eigenvalue weighted by Crippen LogP contribution is -2.59. The molecular formula is C20H25N3O2S. The Balaban J connectivity index is 1.76. The van der Waals surface area contributed by atoms with Gasteiger partial charge in [0, 0.05) is 42.8 Å². The molecule has 5 nitrogen and oxygen atoms in total. The van der Waals surface area contributed by atoms with Gasteiger partial charge in [-0.15, -0.1) is 11.3 Å². The van der Waals surface area contributed by atoms with Gasteiger partial charge in [-0.1, -0.05) is 26.0 Å². The molecule has 1 saturated heterocycles. The summed E-state index contributed by atoms with van der Waals surface area (Å²) in [7, 11) is 1.80. The van der Waals surface area contributed by atoms with E-state index in [9.17, 15) is 9.59 Å². The largest absolute Gasteiger partial charge is 0.380 e. The molecule has 1 N–H and O–H groups in total. The second kappa shape index (κ2) is 7.91. The fraction of sp³-hybridized carbons (Fsp3) is 0.400. The van der Waals surface area contributed by atoms with Crippen LogP contribution >= 0.6 is 11.3 Å². The van der Waals surface area contributed by atoms with Gasteiger partial charge in [-0.2, -0.15) is 0 Å². The molecule has 6 heteroatoms. The third-order valence-corrected chi connectivity index (χ3v) is 5.57. The third-order valence-electron chi connectivity index (χ3n) is 4.69. The smallest absolute Gasteiger partial charge is 0.254 e. The van der Waals surface area contributed by atoms with Crippen LogP contribution in [-0.4, -0.2) is 47.8 Å². The Morgan fingerprint density at radius 1 is 1.27 bits per heavy atom. The highest BCUT2D eigenvalue weighted by Gasteiger charge is 2.38. The number of benzene rings is 1. The van der Waals surface area contributed by atoms with Gasteiger partial charge in [0.15, 0.2) is 0 Å². The van der Waals surface area contributed by atoms with Crippen LogP contribution in [0.15, 0.2) is 41.8 Å². The summed E-state index contributed by atoms with van der Waals surface area (Å²) in [6, 6.07) is 11.2. The minimum atomic E-state index is -0.399. The maximum Gasteiger partial charge on any atom is 0.254 e. The zero-order chi connectivity index (χ0) is 18.7. The van der Waals surface area contributed by atoms with Crippen molar-refractivity contribution in [2.45, 2.75) is 26.4 Å². The molecular weight excluding hydrogens is 346 g/mol. The van der Waals surface area contributed by atoms with Gasteiger partial charge >= 0.3 is 0 Å². The number of rotatable bonds is 5. The van der Waals surface area contributed by atoms with Crippen LogP contribution in [0.1, 0.15) is 29.1 Å². The average Bonchev–Trinajstić information content (AvgIpc) is 3.15. The van der Waals surface area contributed by atoms with Crippen molar-refractivity contribution in [1.29, 1.82) is 0 Å². The number of carbonyl (C=O) groups excluding carboxylic acids is 2. The standard InChI is InChI=1S/C20H25N3O2S/c1-14(2)18-20(25)22(3)9-10-23(18)19(24)15-6-4-7-16(12-15)21-13-17-8-5-11-26-17/h4-8,11-12,14,18,21H,9-10,13H2,1-3H3. The van der Waals surface area contributed by atoms with E-state index in [0.29, 0.717) is 18.7 Å². The average molecular weight is 372 g/mol. The normalized spacial score (nSPS) is 17.7. The van der Waals surface area contributed by atoms with Crippen LogP contribution in [0, 0.1) is 5.92 Å². The SMILES string of the molecule is CC(C)C1C(=O)N(C)CCN1C(=O)c1cccc(NCc2cccs2)c1. The molecule has 1 aliphatic heterocycles. The lowest BCUT2D eigenvalue weighted by atomic mass is 9.97. The summed E-state index contributed by atoms with van der Waals surface area (Å²) in [5.41, 5.74) is 1.52. The molecule has 2 heterocycles. The Kier molecular flexibility index (Phi) is 5.61. The summed E-state index contributed by atoms with van der Waals surface area (Å²) in [6.45, 7) is 5.85. The van der Waals surface area contributed by atoms with Gasteiger partial charge in [-0.25, -0.2) is 0 Å². The Hall–Kier alpha value is -2.34. The monoisotopic (exact) mass is 371 g/mol. The highest BCUT2D eigenvalue weighted by molar-refractivity contribution is 7.09. The van der Waals surface area contributed by atoms with Gasteiger partial charge in [0.1, 0.15) is 6.04 Å². The second-order valence-electron chi connectivity index (χ2n) is 6.96. The molecule has 1 fully saturated rings. The van der Waals surface area contributed by atoms with Crippen molar-refractivity contribution in [3.8, 4) is 0 Å². The molecule has 0 saturated carbocycles. The molecule has 1 unspecified atom stereocenters. The van der Waals surface area contributed by atoms with Crippen LogP contribution in [-0.2, 0) is 11.3 Å². The minimum absolute atomic E-state index is 0.0200. The van der Waals surface area contributed by atoms with Crippen molar-refractivity contribution in [2.75, 3.05) is 25.5 Å².